The van der Waals surface area contributed by atoms with Crippen LogP contribution in [0.4, 0.5) is 0 Å². The Balaban J connectivity index is 1.39. The summed E-state index contributed by atoms with van der Waals surface area (Å²) in [5, 5.41) is 73.7. The Morgan fingerprint density at radius 2 is 1.18 bits per heavy atom. The van der Waals surface area contributed by atoms with Crippen LogP contribution in [0.2, 0.25) is 0 Å². The number of amides is 11. The minimum atomic E-state index is -1.89. The Morgan fingerprint density at radius 3 is 1.84 bits per heavy atom. The topological polar surface area (TPSA) is 489 Å². The number of aromatic amines is 1. The second-order valence-corrected chi connectivity index (χ2v) is 31.3. The average molecular weight is 1660 g/mol. The number of phenols is 1. The summed E-state index contributed by atoms with van der Waals surface area (Å²) >= 11 is 1.87. The van der Waals surface area contributed by atoms with E-state index >= 15 is 28.8 Å². The van der Waals surface area contributed by atoms with E-state index < -0.39 is 150 Å². The van der Waals surface area contributed by atoms with E-state index in [0.29, 0.717) is 75.4 Å². The molecule has 7 rings (SSSR count). The molecule has 0 unspecified atom stereocenters. The van der Waals surface area contributed by atoms with Gasteiger partial charge in [0.25, 0.3) is 0 Å². The van der Waals surface area contributed by atoms with Crippen LogP contribution in [0.25, 0.3) is 10.9 Å². The van der Waals surface area contributed by atoms with E-state index in [4.69, 9.17) is 11.5 Å². The van der Waals surface area contributed by atoms with Crippen LogP contribution in [0.3, 0.4) is 0 Å². The first-order valence-corrected chi connectivity index (χ1v) is 40.1. The predicted molar refractivity (Wildman–Crippen MR) is 420 cm³/mol. The van der Waals surface area contributed by atoms with Gasteiger partial charge in [-0.2, -0.15) is 0 Å². The van der Waals surface area contributed by atoms with Crippen molar-refractivity contribution in [2.24, 2.45) is 11.5 Å². The van der Waals surface area contributed by atoms with Crippen molar-refractivity contribution in [3.8, 4) is 5.75 Å². The molecule has 109 heavy (non-hydrogen) atoms. The first-order chi connectivity index (χ1) is 52.1. The number of aliphatic hydroxyl groups is 2. The molecule has 0 radical (unpaired) electrons. The molecule has 2 aliphatic rings. The molecule has 12 atom stereocenters. The van der Waals surface area contributed by atoms with Crippen LogP contribution >= 0.6 is 44.2 Å². The van der Waals surface area contributed by atoms with Crippen molar-refractivity contribution in [3.05, 3.63) is 135 Å². The number of unbranched alkanes of at least 4 members (excludes halogenated alkanes) is 1. The fourth-order valence-electron chi connectivity index (χ4n) is 12.3. The molecule has 5 aromatic rings. The summed E-state index contributed by atoms with van der Waals surface area (Å²) in [6.45, 7) is 4.92. The third kappa shape index (κ3) is 27.6. The number of aromatic nitrogens is 1. The number of nitrogens with one attached hydrogen (secondary N) is 12. The molecule has 2 bridgehead atoms. The smallest absolute Gasteiger partial charge is 0.327 e. The average Bonchev–Trinajstić information content (AvgIpc) is 1.78. The van der Waals surface area contributed by atoms with Crippen LogP contribution in [-0.4, -0.2) is 218 Å². The van der Waals surface area contributed by atoms with Gasteiger partial charge in [0, 0.05) is 86.9 Å². The van der Waals surface area contributed by atoms with Crippen molar-refractivity contribution < 1.29 is 78.0 Å². The number of carboxylic acid groups (broad SMARTS) is 1. The van der Waals surface area contributed by atoms with Crippen LogP contribution in [0.5, 0.6) is 5.75 Å². The highest BCUT2D eigenvalue weighted by molar-refractivity contribution is 14.1. The summed E-state index contributed by atoms with van der Waals surface area (Å²) < 4.78 is 0.354. The van der Waals surface area contributed by atoms with Gasteiger partial charge in [0.15, 0.2) is 0 Å². The highest BCUT2D eigenvalue weighted by Crippen LogP contribution is 2.26. The molecule has 20 N–H and O–H groups in total. The fraction of sp³-hybridized carbons (Fsp3) is 0.493. The molecule has 0 aliphatic carbocycles. The maximum Gasteiger partial charge on any atom is 0.327 e. The lowest BCUT2D eigenvalue weighted by Crippen LogP contribution is -2.63. The minimum Gasteiger partial charge on any atom is -0.507 e. The van der Waals surface area contributed by atoms with E-state index in [9.17, 15) is 49.2 Å². The normalized spacial score (nSPS) is 24.4. The van der Waals surface area contributed by atoms with E-state index in [-0.39, 0.29) is 94.2 Å². The molecule has 592 valence electrons. The van der Waals surface area contributed by atoms with Gasteiger partial charge in [-0.25, -0.2) is 4.79 Å². The van der Waals surface area contributed by atoms with Crippen molar-refractivity contribution in [2.45, 2.75) is 196 Å². The summed E-state index contributed by atoms with van der Waals surface area (Å²) in [4.78, 5) is 181. The van der Waals surface area contributed by atoms with Crippen molar-refractivity contribution >= 4 is 126 Å². The first kappa shape index (κ1) is 87.3. The number of rotatable bonds is 18. The third-order valence-corrected chi connectivity index (χ3v) is 22.0. The number of carbonyl (C=O) groups is 12. The summed E-state index contributed by atoms with van der Waals surface area (Å²) in [5.74, 6) is -12.3. The lowest BCUT2D eigenvalue weighted by molar-refractivity contribution is -0.143. The molecule has 31 nitrogen and oxygen atoms in total. The number of H-pyrrole nitrogens is 1. The number of halogens is 1. The Morgan fingerprint density at radius 1 is 0.606 bits per heavy atom. The van der Waals surface area contributed by atoms with E-state index in [1.807, 2.05) is 48.6 Å². The lowest BCUT2D eigenvalue weighted by Gasteiger charge is -2.33. The van der Waals surface area contributed by atoms with Gasteiger partial charge in [-0.1, -0.05) is 134 Å². The van der Waals surface area contributed by atoms with Gasteiger partial charge in [-0.05, 0) is 121 Å². The summed E-state index contributed by atoms with van der Waals surface area (Å²) in [7, 11) is 3.18. The summed E-state index contributed by atoms with van der Waals surface area (Å²) in [6.07, 6.45) is 0.107. The maximum atomic E-state index is 15.9. The highest BCUT2D eigenvalue weighted by atomic mass is 127. The lowest BCUT2D eigenvalue weighted by atomic mass is 9.98. The number of nitrogens with two attached hydrogens (primary N) is 2. The number of hydrogen-bond acceptors (Lipinski definition) is 20. The number of likely N-dealkylation sites (N-methyl/N-ethyl adjacent to an activating group) is 1. The van der Waals surface area contributed by atoms with Crippen molar-refractivity contribution in [1.82, 2.24) is 68.4 Å². The number of benzene rings is 4. The molecule has 3 heterocycles. The molecule has 1 aromatic heterocycles. The predicted octanol–water partition coefficient (Wildman–Crippen LogP) is 0.606. The second-order valence-electron chi connectivity index (χ2n) is 27.6. The number of fused-ring (bicyclic) bond motifs is 12. The zero-order valence-electron chi connectivity index (χ0n) is 61.4. The number of phenolic OH excluding ortho intramolecular Hbond substituents is 1. The first-order valence-electron chi connectivity index (χ1n) is 36.5. The van der Waals surface area contributed by atoms with Crippen LogP contribution in [-0.2, 0) is 89.8 Å². The number of aliphatic carboxylic acids is 1. The van der Waals surface area contributed by atoms with Crippen LogP contribution in [0.1, 0.15) is 113 Å². The number of para-hydroxylation sites is 1. The molecule has 2 aliphatic heterocycles. The Labute approximate surface area is 654 Å². The van der Waals surface area contributed by atoms with Crippen LogP contribution in [0.15, 0.2) is 103 Å². The molecule has 4 aromatic carbocycles. The van der Waals surface area contributed by atoms with E-state index in [1.165, 1.54) is 32.2 Å². The van der Waals surface area contributed by atoms with Gasteiger partial charge in [-0.15, -0.1) is 0 Å². The number of aromatic hydroxyl groups is 1. The van der Waals surface area contributed by atoms with Crippen molar-refractivity contribution in [2.75, 3.05) is 38.2 Å². The zero-order valence-corrected chi connectivity index (χ0v) is 65.2. The molecule has 0 spiro atoms. The molecular formula is C75H102IN15O16S2. The molecule has 11 amide bonds. The third-order valence-electron chi connectivity index (χ3n) is 18.6. The van der Waals surface area contributed by atoms with Crippen LogP contribution in [0, 0.1) is 3.57 Å². The molecule has 0 saturated carbocycles. The second kappa shape index (κ2) is 44.1. The largest absolute Gasteiger partial charge is 0.507 e. The number of carboxylic acids is 1. The van der Waals surface area contributed by atoms with Gasteiger partial charge in [-0.3, -0.25) is 52.7 Å². The Kier molecular flexibility index (Phi) is 35.3. The number of aliphatic hydroxyl groups excluding tert-OH is 2. The van der Waals surface area contributed by atoms with Gasteiger partial charge >= 0.3 is 5.97 Å². The minimum absolute atomic E-state index is 0.0115. The standard InChI is InChI=1S/C75H102IN15O16S2/c1-42(2)80-37-46-24-22-45(23-25-46)35-61-72(103)90-64(43(3)93)73(104)86-57(34-47-26-28-62(94)50(76)32-47)70(101)83-54-20-10-5-6-15-31-79-63(95)29-27-55(68(99)87-58(74(105)91(61)4)36-48-38-81-52-19-12-11-18-49(48)52)84-69(100)56(33-44-16-8-7-9-17-44)85-66(97)53(21-13-14-30-77)82-65(96)51(78)40-108-109-41-60(75(106)107)89-71(102)59(39-92)88-67(54)98/h7-9,11-12,16-19,22-26,28,32,38,42-43,51,53-61,64,80-81,92-94H,5-6,10,13-15,20-21,27,29-31,33-37,39-41,77-78H2,1-4H3,(H,79,95)(H,82,96)(H,83,101)(H,84,100)(H,85,97)(H,86,104)(H,87,99)(H,88,98)(H,89,102)(H,90,103)(H,106,107)/t43-,51+,53+,54-,55+,56+,57+,58-,59+,60+,61+,64+/m1/s1. The van der Waals surface area contributed by atoms with Gasteiger partial charge in [0.2, 0.25) is 65.0 Å². The molecule has 2 saturated heterocycles. The van der Waals surface area contributed by atoms with Crippen molar-refractivity contribution in [3.63, 3.8) is 0 Å². The monoisotopic (exact) mass is 1660 g/mol. The number of nitrogens with zero attached hydrogens (tertiary/aromatic N) is 1. The van der Waals surface area contributed by atoms with Gasteiger partial charge in [0.05, 0.1) is 22.3 Å². The fourth-order valence-corrected chi connectivity index (χ4v) is 15.1. The van der Waals surface area contributed by atoms with Gasteiger partial charge in [0.1, 0.15) is 66.2 Å². The van der Waals surface area contributed by atoms with E-state index in [1.54, 1.807) is 72.9 Å². The maximum absolute atomic E-state index is 15.9. The quantitative estimate of drug-likeness (QED) is 0.0324. The molecule has 34 heteroatoms. The molecule has 2 fully saturated rings. The molecular weight excluding hydrogens is 1560 g/mol. The Bertz CT molecular complexity index is 3930. The number of hydrogen-bond donors (Lipinski definition) is 18. The van der Waals surface area contributed by atoms with Crippen molar-refractivity contribution in [1.29, 1.82) is 0 Å². The summed E-state index contributed by atoms with van der Waals surface area (Å²) in [5.41, 5.74) is 15.8. The number of carbonyl (C=O) groups excluding carboxylic acids is 11. The van der Waals surface area contributed by atoms with Gasteiger partial charge < -0.3 is 100 Å². The van der Waals surface area contributed by atoms with Crippen LogP contribution < -0.4 is 70.0 Å². The zero-order chi connectivity index (χ0) is 79.3. The SMILES string of the molecule is CC(C)NCc1ccc(C[C@H]2C(=O)N[C@@H]([C@@H](C)O)C(=O)N[C@@H](Cc3ccc(O)c(I)c3)C(=O)N[C@@H]3CCCCCCNC(=O)CC[C@H](NC(=O)[C@H](Cc4ccccc4)NC(=O)[C@H](CCCCN)NC(=O)[C@@H](N)CSSC[C@@H](C(=O)O)NC(=O)[C@H](CO)NC3=O)C(=O)N[C@H](Cc3c[nH]c4ccccc34)C(=O)N2C)cc1. The summed E-state index contributed by atoms with van der Waals surface area (Å²) in [6, 6.07) is 9.93. The van der Waals surface area contributed by atoms with E-state index in [2.05, 4.69) is 63.5 Å². The highest BCUT2D eigenvalue weighted by Gasteiger charge is 2.40. The Hall–Kier alpha value is -8.91. The van der Waals surface area contributed by atoms with E-state index in [0.717, 1.165) is 32.1 Å².